The summed E-state index contributed by atoms with van der Waals surface area (Å²) in [6, 6.07) is 9.44. The van der Waals surface area contributed by atoms with Gasteiger partial charge in [0.1, 0.15) is 11.9 Å². The van der Waals surface area contributed by atoms with E-state index in [0.717, 1.165) is 38.2 Å². The van der Waals surface area contributed by atoms with Gasteiger partial charge in [-0.1, -0.05) is 6.07 Å². The molecule has 1 aliphatic rings. The summed E-state index contributed by atoms with van der Waals surface area (Å²) >= 11 is 0. The Kier molecular flexibility index (Phi) is 6.48. The lowest BCUT2D eigenvalue weighted by atomic mass is 10.1. The lowest BCUT2D eigenvalue weighted by Gasteiger charge is -2.32. The number of benzene rings is 1. The first-order chi connectivity index (χ1) is 10.3. The molecule has 114 valence electrons. The highest BCUT2D eigenvalue weighted by Crippen LogP contribution is 2.19. The molecule has 5 nitrogen and oxygen atoms in total. The van der Waals surface area contributed by atoms with E-state index in [1.807, 2.05) is 12.1 Å². The number of ether oxygens (including phenoxy) is 2. The van der Waals surface area contributed by atoms with E-state index in [0.29, 0.717) is 18.8 Å². The van der Waals surface area contributed by atoms with E-state index in [-0.39, 0.29) is 12.7 Å². The number of hydrogen-bond donors (Lipinski definition) is 1. The third kappa shape index (κ3) is 5.35. The zero-order valence-corrected chi connectivity index (χ0v) is 12.2. The molecule has 1 aromatic rings. The van der Waals surface area contributed by atoms with Gasteiger partial charge in [0.25, 0.3) is 0 Å². The SMILES string of the molecule is N#Cc1cccc(OC2CCN(CCOCCO)CC2)c1. The highest BCUT2D eigenvalue weighted by Gasteiger charge is 2.20. The van der Waals surface area contributed by atoms with E-state index >= 15 is 0 Å². The second-order valence-corrected chi connectivity index (χ2v) is 5.13. The predicted molar refractivity (Wildman–Crippen MR) is 79.2 cm³/mol. The number of nitriles is 1. The standard InChI is InChI=1S/C16H22N2O3/c17-13-14-2-1-3-16(12-14)21-15-4-6-18(7-5-15)8-10-20-11-9-19/h1-3,12,15,19H,4-11H2. The molecule has 0 atom stereocenters. The van der Waals surface area contributed by atoms with Crippen LogP contribution >= 0.6 is 0 Å². The second kappa shape index (κ2) is 8.63. The van der Waals surface area contributed by atoms with Crippen LogP contribution in [-0.4, -0.2) is 55.6 Å². The van der Waals surface area contributed by atoms with E-state index < -0.39 is 0 Å². The molecule has 0 bridgehead atoms. The van der Waals surface area contributed by atoms with E-state index in [1.165, 1.54) is 0 Å². The van der Waals surface area contributed by atoms with E-state index in [2.05, 4.69) is 11.0 Å². The van der Waals surface area contributed by atoms with Crippen LogP contribution in [0.1, 0.15) is 18.4 Å². The van der Waals surface area contributed by atoms with Crippen molar-refractivity contribution in [3.8, 4) is 11.8 Å². The highest BCUT2D eigenvalue weighted by molar-refractivity contribution is 5.36. The van der Waals surface area contributed by atoms with Crippen LogP contribution in [0.15, 0.2) is 24.3 Å². The van der Waals surface area contributed by atoms with Gasteiger partial charge < -0.3 is 19.5 Å². The molecule has 1 aromatic carbocycles. The van der Waals surface area contributed by atoms with Crippen LogP contribution in [0.4, 0.5) is 0 Å². The fourth-order valence-corrected chi connectivity index (χ4v) is 2.44. The van der Waals surface area contributed by atoms with Crippen LogP contribution < -0.4 is 4.74 Å². The summed E-state index contributed by atoms with van der Waals surface area (Å²) in [6.45, 7) is 4.04. The Morgan fingerprint density at radius 2 is 2.10 bits per heavy atom. The van der Waals surface area contributed by atoms with Crippen molar-refractivity contribution in [2.75, 3.05) is 39.5 Å². The Morgan fingerprint density at radius 3 is 2.81 bits per heavy atom. The predicted octanol–water partition coefficient (Wildman–Crippen LogP) is 1.41. The van der Waals surface area contributed by atoms with Crippen LogP contribution in [0, 0.1) is 11.3 Å². The Labute approximate surface area is 125 Å². The maximum Gasteiger partial charge on any atom is 0.121 e. The van der Waals surface area contributed by atoms with Gasteiger partial charge in [0.05, 0.1) is 31.5 Å². The first-order valence-electron chi connectivity index (χ1n) is 7.39. The number of aliphatic hydroxyl groups is 1. The average molecular weight is 290 g/mol. The van der Waals surface area contributed by atoms with Crippen molar-refractivity contribution >= 4 is 0 Å². The smallest absolute Gasteiger partial charge is 0.121 e. The Hall–Kier alpha value is -1.61. The van der Waals surface area contributed by atoms with Crippen LogP contribution in [0.25, 0.3) is 0 Å². The molecule has 0 spiro atoms. The first-order valence-corrected chi connectivity index (χ1v) is 7.39. The van der Waals surface area contributed by atoms with E-state index in [9.17, 15) is 0 Å². The van der Waals surface area contributed by atoms with Gasteiger partial charge in [-0.3, -0.25) is 0 Å². The topological polar surface area (TPSA) is 65.7 Å². The molecule has 0 aromatic heterocycles. The summed E-state index contributed by atoms with van der Waals surface area (Å²) in [5.41, 5.74) is 0.631. The lowest BCUT2D eigenvalue weighted by molar-refractivity contribution is 0.0519. The van der Waals surface area contributed by atoms with Crippen LogP contribution in [-0.2, 0) is 4.74 Å². The molecule has 0 radical (unpaired) electrons. The molecule has 1 heterocycles. The van der Waals surface area contributed by atoms with Crippen LogP contribution in [0.3, 0.4) is 0 Å². The van der Waals surface area contributed by atoms with Crippen LogP contribution in [0.2, 0.25) is 0 Å². The lowest BCUT2D eigenvalue weighted by Crippen LogP contribution is -2.39. The third-order valence-electron chi connectivity index (χ3n) is 3.59. The van der Waals surface area contributed by atoms with E-state index in [4.69, 9.17) is 19.8 Å². The molecule has 0 saturated carbocycles. The summed E-state index contributed by atoms with van der Waals surface area (Å²) < 4.78 is 11.2. The number of piperidine rings is 1. The minimum Gasteiger partial charge on any atom is -0.490 e. The quantitative estimate of drug-likeness (QED) is 0.769. The van der Waals surface area contributed by atoms with Gasteiger partial charge in [-0.2, -0.15) is 5.26 Å². The minimum atomic E-state index is 0.0810. The van der Waals surface area contributed by atoms with Crippen LogP contribution in [0.5, 0.6) is 5.75 Å². The van der Waals surface area contributed by atoms with Crippen molar-refractivity contribution in [2.24, 2.45) is 0 Å². The molecule has 1 aliphatic heterocycles. The molecule has 1 fully saturated rings. The van der Waals surface area contributed by atoms with Crippen molar-refractivity contribution in [1.82, 2.24) is 4.90 Å². The third-order valence-corrected chi connectivity index (χ3v) is 3.59. The fourth-order valence-electron chi connectivity index (χ4n) is 2.44. The first kappa shape index (κ1) is 15.8. The number of likely N-dealkylation sites (tertiary alicyclic amines) is 1. The minimum absolute atomic E-state index is 0.0810. The average Bonchev–Trinajstić information content (AvgIpc) is 2.53. The Balaban J connectivity index is 1.70. The van der Waals surface area contributed by atoms with Gasteiger partial charge in [0.15, 0.2) is 0 Å². The normalized spacial score (nSPS) is 16.6. The van der Waals surface area contributed by atoms with Crippen molar-refractivity contribution in [3.05, 3.63) is 29.8 Å². The van der Waals surface area contributed by atoms with Crippen molar-refractivity contribution in [2.45, 2.75) is 18.9 Å². The summed E-state index contributed by atoms with van der Waals surface area (Å²) in [4.78, 5) is 2.35. The molecular formula is C16H22N2O3. The van der Waals surface area contributed by atoms with Crippen molar-refractivity contribution in [3.63, 3.8) is 0 Å². The van der Waals surface area contributed by atoms with Gasteiger partial charge >= 0.3 is 0 Å². The molecule has 5 heteroatoms. The number of hydrogen-bond acceptors (Lipinski definition) is 5. The maximum absolute atomic E-state index is 8.88. The Bertz CT molecular complexity index is 465. The monoisotopic (exact) mass is 290 g/mol. The van der Waals surface area contributed by atoms with Gasteiger partial charge in [0.2, 0.25) is 0 Å². The fraction of sp³-hybridized carbons (Fsp3) is 0.562. The van der Waals surface area contributed by atoms with Gasteiger partial charge in [-0.25, -0.2) is 0 Å². The number of rotatable bonds is 7. The number of nitrogens with zero attached hydrogens (tertiary/aromatic N) is 2. The van der Waals surface area contributed by atoms with Crippen molar-refractivity contribution < 1.29 is 14.6 Å². The van der Waals surface area contributed by atoms with Crippen molar-refractivity contribution in [1.29, 1.82) is 5.26 Å². The summed E-state index contributed by atoms with van der Waals surface area (Å²) in [5.74, 6) is 0.777. The molecule has 0 unspecified atom stereocenters. The molecular weight excluding hydrogens is 268 g/mol. The second-order valence-electron chi connectivity index (χ2n) is 5.13. The molecule has 0 amide bonds. The maximum atomic E-state index is 8.88. The van der Waals surface area contributed by atoms with Gasteiger partial charge in [0, 0.05) is 19.6 Å². The van der Waals surface area contributed by atoms with E-state index in [1.54, 1.807) is 12.1 Å². The summed E-state index contributed by atoms with van der Waals surface area (Å²) in [7, 11) is 0. The molecule has 2 rings (SSSR count). The van der Waals surface area contributed by atoms with Gasteiger partial charge in [-0.05, 0) is 31.0 Å². The Morgan fingerprint density at radius 1 is 1.29 bits per heavy atom. The summed E-state index contributed by atoms with van der Waals surface area (Å²) in [6.07, 6.45) is 2.18. The molecule has 0 aliphatic carbocycles. The zero-order chi connectivity index (χ0) is 14.9. The number of aliphatic hydroxyl groups excluding tert-OH is 1. The molecule has 21 heavy (non-hydrogen) atoms. The molecule has 1 N–H and O–H groups in total. The van der Waals surface area contributed by atoms with Gasteiger partial charge in [-0.15, -0.1) is 0 Å². The molecule has 1 saturated heterocycles. The summed E-state index contributed by atoms with van der Waals surface area (Å²) in [5, 5.41) is 17.5. The highest BCUT2D eigenvalue weighted by atomic mass is 16.5. The zero-order valence-electron chi connectivity index (χ0n) is 12.2. The largest absolute Gasteiger partial charge is 0.490 e.